The Morgan fingerprint density at radius 1 is 0.958 bits per heavy atom. The van der Waals surface area contributed by atoms with Gasteiger partial charge in [0.05, 0.1) is 12.2 Å². The van der Waals surface area contributed by atoms with Crippen LogP contribution in [0, 0.1) is 0 Å². The lowest BCUT2D eigenvalue weighted by atomic mass is 10.0. The summed E-state index contributed by atoms with van der Waals surface area (Å²) >= 11 is 0. The Kier molecular flexibility index (Phi) is 7.34. The van der Waals surface area contributed by atoms with Gasteiger partial charge in [-0.1, -0.05) is 63.3 Å². The third-order valence-electron chi connectivity index (χ3n) is 4.01. The maximum Gasteiger partial charge on any atom is 0.196 e. The first-order valence-corrected chi connectivity index (χ1v) is 8.78. The highest BCUT2D eigenvalue weighted by atomic mass is 16.5. The van der Waals surface area contributed by atoms with Crippen molar-refractivity contribution in [3.63, 3.8) is 0 Å². The van der Waals surface area contributed by atoms with Crippen molar-refractivity contribution in [2.75, 3.05) is 6.61 Å². The zero-order valence-electron chi connectivity index (χ0n) is 14.3. The van der Waals surface area contributed by atoms with E-state index in [4.69, 9.17) is 4.74 Å². The molecule has 2 rings (SSSR count). The molecule has 0 aliphatic carbocycles. The molecule has 0 fully saturated rings. The number of unbranched alkanes of at least 4 members (excludes halogenated alkanes) is 5. The maximum absolute atomic E-state index is 12.5. The molecule has 24 heavy (non-hydrogen) atoms. The van der Waals surface area contributed by atoms with Crippen molar-refractivity contribution < 1.29 is 14.6 Å². The predicted molar refractivity (Wildman–Crippen MR) is 96.9 cm³/mol. The lowest BCUT2D eigenvalue weighted by Crippen LogP contribution is -2.03. The van der Waals surface area contributed by atoms with E-state index in [0.29, 0.717) is 23.5 Å². The fraction of sp³-hybridized carbons (Fsp3) is 0.381. The molecular weight excluding hydrogens is 300 g/mol. The molecule has 0 atom stereocenters. The van der Waals surface area contributed by atoms with Crippen LogP contribution >= 0.6 is 0 Å². The summed E-state index contributed by atoms with van der Waals surface area (Å²) < 4.78 is 5.75. The molecule has 0 aliphatic heterocycles. The van der Waals surface area contributed by atoms with E-state index in [9.17, 15) is 9.90 Å². The Balaban J connectivity index is 1.87. The summed E-state index contributed by atoms with van der Waals surface area (Å²) in [5, 5.41) is 9.82. The van der Waals surface area contributed by atoms with Crippen molar-refractivity contribution in [2.45, 2.75) is 45.4 Å². The van der Waals surface area contributed by atoms with Gasteiger partial charge in [0.2, 0.25) is 0 Å². The van der Waals surface area contributed by atoms with Crippen LogP contribution in [-0.4, -0.2) is 17.5 Å². The van der Waals surface area contributed by atoms with Gasteiger partial charge >= 0.3 is 0 Å². The van der Waals surface area contributed by atoms with Crippen molar-refractivity contribution in [3.8, 4) is 11.5 Å². The normalized spacial score (nSPS) is 10.5. The number of ether oxygens (including phenoxy) is 1. The molecule has 0 heterocycles. The Hall–Kier alpha value is -2.29. The SMILES string of the molecule is CCCCCCCCOc1cccc(C(=O)c2ccccc2O)c1. The molecule has 2 aromatic carbocycles. The first-order valence-electron chi connectivity index (χ1n) is 8.78. The summed E-state index contributed by atoms with van der Waals surface area (Å²) in [5.74, 6) is 0.504. The number of phenolic OH excluding ortho intramolecular Hbond substituents is 1. The maximum atomic E-state index is 12.5. The van der Waals surface area contributed by atoms with Crippen LogP contribution in [0.15, 0.2) is 48.5 Å². The van der Waals surface area contributed by atoms with Gasteiger partial charge in [-0.3, -0.25) is 4.79 Å². The van der Waals surface area contributed by atoms with Crippen LogP contribution in [-0.2, 0) is 0 Å². The van der Waals surface area contributed by atoms with Crippen LogP contribution in [0.25, 0.3) is 0 Å². The van der Waals surface area contributed by atoms with Crippen LogP contribution in [0.5, 0.6) is 11.5 Å². The number of phenols is 1. The van der Waals surface area contributed by atoms with E-state index in [1.807, 2.05) is 12.1 Å². The lowest BCUT2D eigenvalue weighted by Gasteiger charge is -2.08. The molecule has 0 aromatic heterocycles. The molecule has 0 aliphatic rings. The topological polar surface area (TPSA) is 46.5 Å². The van der Waals surface area contributed by atoms with Gasteiger partial charge in [0.1, 0.15) is 11.5 Å². The number of carbonyl (C=O) groups is 1. The van der Waals surface area contributed by atoms with E-state index in [0.717, 1.165) is 6.42 Å². The van der Waals surface area contributed by atoms with Crippen LogP contribution < -0.4 is 4.74 Å². The monoisotopic (exact) mass is 326 g/mol. The molecule has 0 bridgehead atoms. The number of hydrogen-bond acceptors (Lipinski definition) is 3. The number of hydrogen-bond donors (Lipinski definition) is 1. The molecule has 2 aromatic rings. The number of ketones is 1. The molecule has 1 N–H and O–H groups in total. The zero-order valence-corrected chi connectivity index (χ0v) is 14.3. The number of aromatic hydroxyl groups is 1. The van der Waals surface area contributed by atoms with E-state index < -0.39 is 0 Å². The van der Waals surface area contributed by atoms with Gasteiger partial charge in [-0.25, -0.2) is 0 Å². The largest absolute Gasteiger partial charge is 0.507 e. The first kappa shape index (κ1) is 18.1. The molecule has 3 heteroatoms. The van der Waals surface area contributed by atoms with Crippen molar-refractivity contribution in [1.82, 2.24) is 0 Å². The van der Waals surface area contributed by atoms with Crippen LogP contribution in [0.3, 0.4) is 0 Å². The Morgan fingerprint density at radius 3 is 2.50 bits per heavy atom. The van der Waals surface area contributed by atoms with Crippen LogP contribution in [0.4, 0.5) is 0 Å². The molecular formula is C21H26O3. The third kappa shape index (κ3) is 5.41. The fourth-order valence-electron chi connectivity index (χ4n) is 2.62. The van der Waals surface area contributed by atoms with Gasteiger partial charge in [-0.15, -0.1) is 0 Å². The summed E-state index contributed by atoms with van der Waals surface area (Å²) in [6, 6.07) is 13.7. The fourth-order valence-corrected chi connectivity index (χ4v) is 2.62. The van der Waals surface area contributed by atoms with Crippen molar-refractivity contribution in [1.29, 1.82) is 0 Å². The molecule has 0 radical (unpaired) electrons. The molecule has 3 nitrogen and oxygen atoms in total. The predicted octanol–water partition coefficient (Wildman–Crippen LogP) is 5.36. The van der Waals surface area contributed by atoms with E-state index in [2.05, 4.69) is 6.92 Å². The summed E-state index contributed by atoms with van der Waals surface area (Å²) in [4.78, 5) is 12.5. The standard InChI is InChI=1S/C21H26O3/c1-2-3-4-5-6-9-15-24-18-12-10-11-17(16-18)21(23)19-13-7-8-14-20(19)22/h7-8,10-14,16,22H,2-6,9,15H2,1H3. The molecule has 0 spiro atoms. The number of carbonyl (C=O) groups excluding carboxylic acids is 1. The number of benzene rings is 2. The number of para-hydroxylation sites is 1. The minimum absolute atomic E-state index is 0.000834. The van der Waals surface area contributed by atoms with Crippen LogP contribution in [0.2, 0.25) is 0 Å². The average Bonchev–Trinajstić information content (AvgIpc) is 2.61. The second-order valence-electron chi connectivity index (χ2n) is 5.99. The molecule has 0 saturated carbocycles. The highest BCUT2D eigenvalue weighted by Crippen LogP contribution is 2.22. The quantitative estimate of drug-likeness (QED) is 0.472. The Morgan fingerprint density at radius 2 is 1.71 bits per heavy atom. The minimum atomic E-state index is -0.196. The van der Waals surface area contributed by atoms with E-state index >= 15 is 0 Å². The second-order valence-corrected chi connectivity index (χ2v) is 5.99. The van der Waals surface area contributed by atoms with Gasteiger partial charge in [-0.2, -0.15) is 0 Å². The minimum Gasteiger partial charge on any atom is -0.507 e. The Bertz CT molecular complexity index is 649. The number of rotatable bonds is 10. The summed E-state index contributed by atoms with van der Waals surface area (Å²) in [6.45, 7) is 2.88. The summed E-state index contributed by atoms with van der Waals surface area (Å²) in [5.41, 5.74) is 0.836. The van der Waals surface area contributed by atoms with Gasteiger partial charge < -0.3 is 9.84 Å². The van der Waals surface area contributed by atoms with Crippen molar-refractivity contribution >= 4 is 5.78 Å². The molecule has 0 unspecified atom stereocenters. The lowest BCUT2D eigenvalue weighted by molar-refractivity contribution is 0.103. The third-order valence-corrected chi connectivity index (χ3v) is 4.01. The van der Waals surface area contributed by atoms with Crippen molar-refractivity contribution in [2.24, 2.45) is 0 Å². The van der Waals surface area contributed by atoms with E-state index in [1.54, 1.807) is 30.3 Å². The smallest absolute Gasteiger partial charge is 0.196 e. The average molecular weight is 326 g/mol. The van der Waals surface area contributed by atoms with Crippen molar-refractivity contribution in [3.05, 3.63) is 59.7 Å². The highest BCUT2D eigenvalue weighted by Gasteiger charge is 2.13. The van der Waals surface area contributed by atoms with Gasteiger partial charge in [0.15, 0.2) is 5.78 Å². The Labute approximate surface area is 144 Å². The van der Waals surface area contributed by atoms with E-state index in [-0.39, 0.29) is 11.5 Å². The van der Waals surface area contributed by atoms with Gasteiger partial charge in [-0.05, 0) is 30.7 Å². The van der Waals surface area contributed by atoms with Crippen LogP contribution in [0.1, 0.15) is 61.4 Å². The molecule has 0 amide bonds. The van der Waals surface area contributed by atoms with Gasteiger partial charge in [0, 0.05) is 5.56 Å². The summed E-state index contributed by atoms with van der Waals surface area (Å²) in [6.07, 6.45) is 7.31. The van der Waals surface area contributed by atoms with E-state index in [1.165, 1.54) is 38.2 Å². The second kappa shape index (κ2) is 9.76. The molecule has 128 valence electrons. The highest BCUT2D eigenvalue weighted by molar-refractivity contribution is 6.10. The molecule has 0 saturated heterocycles. The van der Waals surface area contributed by atoms with Gasteiger partial charge in [0.25, 0.3) is 0 Å². The summed E-state index contributed by atoms with van der Waals surface area (Å²) in [7, 11) is 0. The zero-order chi connectivity index (χ0) is 17.2. The first-order chi connectivity index (χ1) is 11.7.